The molecule has 49 heavy (non-hydrogen) atoms. The maximum atomic E-state index is 13.9. The van der Waals surface area contributed by atoms with Crippen LogP contribution in [0.25, 0.3) is 11.1 Å². The molecule has 3 aliphatic rings. The Hall–Kier alpha value is -4.16. The van der Waals surface area contributed by atoms with E-state index >= 15 is 0 Å². The Labute approximate surface area is 283 Å². The second-order valence-corrected chi connectivity index (χ2v) is 13.4. The highest BCUT2D eigenvalue weighted by Gasteiger charge is 2.51. The van der Waals surface area contributed by atoms with Gasteiger partial charge in [0.2, 0.25) is 0 Å². The Morgan fingerprint density at radius 1 is 1.00 bits per heavy atom. The third kappa shape index (κ3) is 6.72. The van der Waals surface area contributed by atoms with Crippen molar-refractivity contribution in [2.24, 2.45) is 0 Å². The van der Waals surface area contributed by atoms with Gasteiger partial charge < -0.3 is 29.6 Å². The van der Waals surface area contributed by atoms with E-state index in [4.69, 9.17) is 9.47 Å². The quantitative estimate of drug-likeness (QED) is 0.324. The maximum Gasteiger partial charge on any atom is 0.471 e. The number of benzene rings is 2. The molecule has 2 fully saturated rings. The first-order valence-corrected chi connectivity index (χ1v) is 16.9. The van der Waals surface area contributed by atoms with Gasteiger partial charge in [0.15, 0.2) is 0 Å². The molecule has 2 saturated heterocycles. The smallest absolute Gasteiger partial charge is 0.381 e. The minimum absolute atomic E-state index is 0.0237. The zero-order valence-electron chi connectivity index (χ0n) is 28.4. The van der Waals surface area contributed by atoms with Crippen LogP contribution in [-0.4, -0.2) is 68.5 Å². The first-order valence-electron chi connectivity index (χ1n) is 16.9. The van der Waals surface area contributed by atoms with Crippen molar-refractivity contribution < 1.29 is 32.2 Å². The number of carbonyl (C=O) groups is 2. The van der Waals surface area contributed by atoms with Crippen LogP contribution in [0, 0.1) is 20.8 Å². The summed E-state index contributed by atoms with van der Waals surface area (Å²) in [6.07, 6.45) is -2.38. The lowest BCUT2D eigenvalue weighted by atomic mass is 9.75. The average Bonchev–Trinajstić information content (AvgIpc) is 3.37. The molecule has 9 nitrogen and oxygen atoms in total. The number of fused-ring (bicyclic) bond motifs is 2. The van der Waals surface area contributed by atoms with Crippen LogP contribution in [-0.2, 0) is 26.2 Å². The van der Waals surface area contributed by atoms with Crippen molar-refractivity contribution in [3.63, 3.8) is 0 Å². The molecule has 6 rings (SSSR count). The molecule has 2 aromatic carbocycles. The predicted octanol–water partition coefficient (Wildman–Crippen LogP) is 5.86. The third-order valence-corrected chi connectivity index (χ3v) is 10.4. The van der Waals surface area contributed by atoms with Crippen LogP contribution in [0.4, 0.5) is 24.5 Å². The molecule has 4 heterocycles. The van der Waals surface area contributed by atoms with Gasteiger partial charge in [-0.2, -0.15) is 13.2 Å². The number of anilines is 2. The summed E-state index contributed by atoms with van der Waals surface area (Å²) in [5.41, 5.74) is 5.22. The number of H-pyrrole nitrogens is 1. The number of pyridine rings is 1. The lowest BCUT2D eigenvalue weighted by molar-refractivity contribution is -0.170. The van der Waals surface area contributed by atoms with Crippen molar-refractivity contribution in [3.8, 4) is 11.1 Å². The summed E-state index contributed by atoms with van der Waals surface area (Å²) in [5, 5.41) is 2.93. The average molecular weight is 681 g/mol. The zero-order valence-corrected chi connectivity index (χ0v) is 28.4. The summed E-state index contributed by atoms with van der Waals surface area (Å²) in [6, 6.07) is 11.1. The lowest BCUT2D eigenvalue weighted by Gasteiger charge is -2.37. The van der Waals surface area contributed by atoms with Gasteiger partial charge in [-0.1, -0.05) is 12.1 Å². The number of aromatic amines is 1. The molecule has 2 N–H and O–H groups in total. The second-order valence-electron chi connectivity index (χ2n) is 13.4. The summed E-state index contributed by atoms with van der Waals surface area (Å²) < 4.78 is 52.8. The molecule has 0 unspecified atom stereocenters. The molecule has 1 spiro atoms. The number of hydrogen-bond acceptors (Lipinski definition) is 6. The van der Waals surface area contributed by atoms with Gasteiger partial charge in [-0.05, 0) is 105 Å². The van der Waals surface area contributed by atoms with E-state index in [0.29, 0.717) is 73.6 Å². The van der Waals surface area contributed by atoms with Crippen molar-refractivity contribution in [1.82, 2.24) is 10.3 Å². The fourth-order valence-electron chi connectivity index (χ4n) is 7.77. The van der Waals surface area contributed by atoms with E-state index in [1.807, 2.05) is 38.1 Å². The minimum atomic E-state index is -5.03. The first-order chi connectivity index (χ1) is 23.3. The number of amides is 2. The summed E-state index contributed by atoms with van der Waals surface area (Å²) in [5.74, 6) is -2.27. The number of nitrogens with zero attached hydrogens (tertiary/aromatic N) is 2. The van der Waals surface area contributed by atoms with Crippen LogP contribution in [0.15, 0.2) is 41.2 Å². The minimum Gasteiger partial charge on any atom is -0.381 e. The summed E-state index contributed by atoms with van der Waals surface area (Å²) in [4.78, 5) is 45.3. The Bertz CT molecular complexity index is 1810. The number of hydrogen-bond donors (Lipinski definition) is 2. The molecule has 2 amide bonds. The summed E-state index contributed by atoms with van der Waals surface area (Å²) in [7, 11) is 0. The number of aromatic nitrogens is 1. The fraction of sp³-hybridized carbons (Fsp3) is 0.486. The standard InChI is InChI=1S/C37H43F3N4O5/c1-5-43(27-8-12-48-13-9-27)31-19-26(17-28(24(31)4)33(45)41-20-29-22(2)16-23(3)42-34(29)46)25-6-7-30-32(18-25)44(35(47)37(38,39)40)21-36(30)10-14-49-15-11-36/h6-7,16-19,27H,5,8-15,20-21H2,1-4H3,(H,41,45)(H,42,46). The molecule has 0 aliphatic carbocycles. The molecule has 0 radical (unpaired) electrons. The van der Waals surface area contributed by atoms with Crippen LogP contribution in [0.2, 0.25) is 0 Å². The summed E-state index contributed by atoms with van der Waals surface area (Å²) >= 11 is 0. The van der Waals surface area contributed by atoms with Crippen molar-refractivity contribution in [2.45, 2.75) is 77.6 Å². The molecule has 1 aromatic heterocycles. The number of carbonyl (C=O) groups excluding carboxylic acids is 2. The SMILES string of the molecule is CCN(c1cc(-c2ccc3c(c2)N(C(=O)C(F)(F)F)CC32CCOCC2)cc(C(=O)NCc2c(C)cc(C)[nH]c2=O)c1C)C1CCOCC1. The van der Waals surface area contributed by atoms with E-state index in [0.717, 1.165) is 40.2 Å². The number of halogens is 3. The van der Waals surface area contributed by atoms with E-state index in [1.165, 1.54) is 0 Å². The molecule has 12 heteroatoms. The van der Waals surface area contributed by atoms with E-state index in [9.17, 15) is 27.6 Å². The van der Waals surface area contributed by atoms with Crippen molar-refractivity contribution in [1.29, 1.82) is 0 Å². The first kappa shape index (κ1) is 34.7. The van der Waals surface area contributed by atoms with E-state index in [1.54, 1.807) is 19.1 Å². The molecular weight excluding hydrogens is 637 g/mol. The largest absolute Gasteiger partial charge is 0.471 e. The monoisotopic (exact) mass is 680 g/mol. The Morgan fingerprint density at radius 3 is 2.35 bits per heavy atom. The molecule has 3 aliphatic heterocycles. The van der Waals surface area contributed by atoms with Gasteiger partial charge in [0.25, 0.3) is 11.5 Å². The zero-order chi connectivity index (χ0) is 35.1. The second kappa shape index (κ2) is 13.6. The Kier molecular flexibility index (Phi) is 9.65. The number of aryl methyl sites for hydroxylation is 2. The van der Waals surface area contributed by atoms with Crippen LogP contribution in [0.3, 0.4) is 0 Å². The normalized spacial score (nSPS) is 17.7. The number of ether oxygens (including phenoxy) is 2. The molecule has 0 saturated carbocycles. The highest BCUT2D eigenvalue weighted by Crippen LogP contribution is 2.49. The van der Waals surface area contributed by atoms with Crippen LogP contribution in [0.1, 0.15) is 70.9 Å². The van der Waals surface area contributed by atoms with E-state index < -0.39 is 17.5 Å². The fourth-order valence-corrected chi connectivity index (χ4v) is 7.77. The van der Waals surface area contributed by atoms with E-state index in [2.05, 4.69) is 22.1 Å². The van der Waals surface area contributed by atoms with Crippen LogP contribution in [0.5, 0.6) is 0 Å². The van der Waals surface area contributed by atoms with Gasteiger partial charge >= 0.3 is 12.1 Å². The molecule has 0 bridgehead atoms. The van der Waals surface area contributed by atoms with Gasteiger partial charge in [-0.3, -0.25) is 14.4 Å². The topological polar surface area (TPSA) is 104 Å². The van der Waals surface area contributed by atoms with Crippen LogP contribution < -0.4 is 20.7 Å². The van der Waals surface area contributed by atoms with Gasteiger partial charge in [-0.25, -0.2) is 0 Å². The highest BCUT2D eigenvalue weighted by molar-refractivity contribution is 6.01. The van der Waals surface area contributed by atoms with Gasteiger partial charge in [0.1, 0.15) is 0 Å². The maximum absolute atomic E-state index is 13.9. The van der Waals surface area contributed by atoms with Crippen molar-refractivity contribution in [2.75, 3.05) is 49.3 Å². The van der Waals surface area contributed by atoms with E-state index in [-0.39, 0.29) is 36.3 Å². The lowest BCUT2D eigenvalue weighted by Crippen LogP contribution is -2.45. The molecule has 262 valence electrons. The molecule has 3 aromatic rings. The predicted molar refractivity (Wildman–Crippen MR) is 181 cm³/mol. The number of rotatable bonds is 7. The molecular formula is C37H43F3N4O5. The number of nitrogens with one attached hydrogen (secondary N) is 2. The van der Waals surface area contributed by atoms with Crippen molar-refractivity contribution >= 4 is 23.2 Å². The Balaban J connectivity index is 1.44. The Morgan fingerprint density at radius 2 is 1.69 bits per heavy atom. The van der Waals surface area contributed by atoms with Gasteiger partial charge in [0, 0.05) is 85.7 Å². The van der Waals surface area contributed by atoms with Gasteiger partial charge in [0.05, 0.1) is 0 Å². The summed E-state index contributed by atoms with van der Waals surface area (Å²) in [6.45, 7) is 10.2. The third-order valence-electron chi connectivity index (χ3n) is 10.4. The van der Waals surface area contributed by atoms with Gasteiger partial charge in [-0.15, -0.1) is 0 Å². The molecule has 0 atom stereocenters. The highest BCUT2D eigenvalue weighted by atomic mass is 19.4. The van der Waals surface area contributed by atoms with Crippen LogP contribution >= 0.6 is 0 Å². The van der Waals surface area contributed by atoms with Crippen molar-refractivity contribution in [3.05, 3.63) is 80.3 Å². The number of alkyl halides is 3.